The molecule has 0 aromatic carbocycles. The fourth-order valence-corrected chi connectivity index (χ4v) is 4.15. The maximum atomic E-state index is 13.0. The van der Waals surface area contributed by atoms with Crippen molar-refractivity contribution in [2.24, 2.45) is 5.41 Å². The number of hydrogen-bond acceptors (Lipinski definition) is 3. The molecule has 1 amide bonds. The van der Waals surface area contributed by atoms with Gasteiger partial charge in [0.2, 0.25) is 0 Å². The van der Waals surface area contributed by atoms with E-state index in [2.05, 4.69) is 23.4 Å². The highest BCUT2D eigenvalue weighted by atomic mass is 35.5. The summed E-state index contributed by atoms with van der Waals surface area (Å²) in [5, 5.41) is 10.0. The van der Waals surface area contributed by atoms with Gasteiger partial charge in [-0.2, -0.15) is 0 Å². The average Bonchev–Trinajstić information content (AvgIpc) is 3.00. The van der Waals surface area contributed by atoms with Crippen LogP contribution in [0.2, 0.25) is 5.02 Å². The van der Waals surface area contributed by atoms with Crippen molar-refractivity contribution in [3.63, 3.8) is 0 Å². The lowest BCUT2D eigenvalue weighted by Crippen LogP contribution is -2.41. The van der Waals surface area contributed by atoms with Crippen molar-refractivity contribution in [3.05, 3.63) is 45.9 Å². The minimum absolute atomic E-state index is 0.0714. The van der Waals surface area contributed by atoms with Gasteiger partial charge in [0.15, 0.2) is 0 Å². The molecule has 126 valence electrons. The summed E-state index contributed by atoms with van der Waals surface area (Å²) >= 11 is 6.15. The van der Waals surface area contributed by atoms with Crippen molar-refractivity contribution in [2.75, 3.05) is 11.4 Å². The van der Waals surface area contributed by atoms with Crippen LogP contribution in [0.25, 0.3) is 0 Å². The number of aromatic nitrogens is 2. The topological polar surface area (TPSA) is 58.4 Å². The van der Waals surface area contributed by atoms with Crippen LogP contribution in [0.5, 0.6) is 0 Å². The lowest BCUT2D eigenvalue weighted by molar-refractivity contribution is 0.0962. The molecule has 0 unspecified atom stereocenters. The Hall–Kier alpha value is -1.85. The molecule has 0 bridgehead atoms. The molecule has 0 spiro atoms. The molecule has 2 aromatic rings. The number of carbonyl (C=O) groups is 1. The monoisotopic (exact) mass is 345 g/mol. The van der Waals surface area contributed by atoms with Crippen molar-refractivity contribution in [2.45, 2.75) is 39.8 Å². The van der Waals surface area contributed by atoms with Crippen molar-refractivity contribution in [1.29, 1.82) is 0 Å². The summed E-state index contributed by atoms with van der Waals surface area (Å²) in [5.41, 5.74) is 4.07. The molecule has 24 heavy (non-hydrogen) atoms. The van der Waals surface area contributed by atoms with Gasteiger partial charge in [-0.25, -0.2) is 4.98 Å². The number of aliphatic hydroxyl groups excluding tert-OH is 1. The quantitative estimate of drug-likeness (QED) is 0.910. The Kier molecular flexibility index (Phi) is 3.48. The molecule has 0 radical (unpaired) electrons. The smallest absolute Gasteiger partial charge is 0.276 e. The Morgan fingerprint density at radius 3 is 2.88 bits per heavy atom. The third-order valence-electron chi connectivity index (χ3n) is 5.01. The molecule has 3 heterocycles. The van der Waals surface area contributed by atoms with Gasteiger partial charge in [-0.3, -0.25) is 9.69 Å². The summed E-state index contributed by atoms with van der Waals surface area (Å²) in [6.07, 6.45) is 3.58. The van der Waals surface area contributed by atoms with E-state index in [0.717, 1.165) is 19.4 Å². The molecule has 0 atom stereocenters. The van der Waals surface area contributed by atoms with E-state index in [4.69, 9.17) is 11.6 Å². The SMILES string of the molecule is CC1(C)Cc2cc3n(c2C1)CCN(c1nccc(Cl)c1CO)C3=O. The molecular formula is C18H20ClN3O2. The van der Waals surface area contributed by atoms with E-state index >= 15 is 0 Å². The number of nitrogens with zero attached hydrogens (tertiary/aromatic N) is 3. The Bertz CT molecular complexity index is 841. The molecule has 1 aliphatic heterocycles. The third-order valence-corrected chi connectivity index (χ3v) is 5.37. The molecule has 0 fully saturated rings. The van der Waals surface area contributed by atoms with Crippen LogP contribution in [-0.4, -0.2) is 27.1 Å². The number of rotatable bonds is 2. The largest absolute Gasteiger partial charge is 0.391 e. The van der Waals surface area contributed by atoms with Gasteiger partial charge in [0.1, 0.15) is 11.5 Å². The van der Waals surface area contributed by atoms with E-state index < -0.39 is 0 Å². The van der Waals surface area contributed by atoms with Crippen molar-refractivity contribution in [3.8, 4) is 0 Å². The van der Waals surface area contributed by atoms with E-state index in [1.807, 2.05) is 6.07 Å². The number of amides is 1. The number of carbonyl (C=O) groups excluding carboxylic acids is 1. The summed E-state index contributed by atoms with van der Waals surface area (Å²) in [4.78, 5) is 18.9. The predicted molar refractivity (Wildman–Crippen MR) is 92.5 cm³/mol. The molecule has 1 aliphatic carbocycles. The molecule has 1 N–H and O–H groups in total. The summed E-state index contributed by atoms with van der Waals surface area (Å²) in [5.74, 6) is 0.390. The number of anilines is 1. The van der Waals surface area contributed by atoms with Gasteiger partial charge in [-0.05, 0) is 36.0 Å². The maximum Gasteiger partial charge on any atom is 0.276 e. The minimum atomic E-state index is -0.239. The molecule has 5 nitrogen and oxygen atoms in total. The fourth-order valence-electron chi connectivity index (χ4n) is 3.95. The predicted octanol–water partition coefficient (Wildman–Crippen LogP) is 2.81. The highest BCUT2D eigenvalue weighted by molar-refractivity contribution is 6.31. The number of hydrogen-bond donors (Lipinski definition) is 1. The van der Waals surface area contributed by atoms with Crippen LogP contribution >= 0.6 is 11.6 Å². The standard InChI is InChI=1S/C18H20ClN3O2/c1-18(2)8-11-7-14-17(24)22(6-5-21(14)15(11)9-18)16-12(10-23)13(19)3-4-20-16/h3-4,7,23H,5-6,8-10H2,1-2H3. The van der Waals surface area contributed by atoms with Gasteiger partial charge in [0.25, 0.3) is 5.91 Å². The van der Waals surface area contributed by atoms with Gasteiger partial charge in [-0.1, -0.05) is 25.4 Å². The van der Waals surface area contributed by atoms with E-state index in [9.17, 15) is 9.90 Å². The Balaban J connectivity index is 1.73. The lowest BCUT2D eigenvalue weighted by Gasteiger charge is -2.30. The minimum Gasteiger partial charge on any atom is -0.391 e. The lowest BCUT2D eigenvalue weighted by atomic mass is 9.90. The first-order chi connectivity index (χ1) is 11.4. The highest BCUT2D eigenvalue weighted by Crippen LogP contribution is 2.39. The van der Waals surface area contributed by atoms with E-state index in [1.165, 1.54) is 11.3 Å². The average molecular weight is 346 g/mol. The summed E-state index contributed by atoms with van der Waals surface area (Å²) in [7, 11) is 0. The zero-order valence-corrected chi connectivity index (χ0v) is 14.6. The molecule has 2 aromatic heterocycles. The van der Waals surface area contributed by atoms with Crippen LogP contribution in [0.15, 0.2) is 18.3 Å². The van der Waals surface area contributed by atoms with Gasteiger partial charge in [-0.15, -0.1) is 0 Å². The van der Waals surface area contributed by atoms with Crippen LogP contribution in [0.4, 0.5) is 5.82 Å². The molecule has 0 saturated carbocycles. The first kappa shape index (κ1) is 15.7. The fraction of sp³-hybridized carbons (Fsp3) is 0.444. The van der Waals surface area contributed by atoms with Gasteiger partial charge in [0, 0.05) is 30.5 Å². The molecule has 2 aliphatic rings. The number of fused-ring (bicyclic) bond motifs is 3. The number of halogens is 1. The van der Waals surface area contributed by atoms with Crippen molar-refractivity contribution < 1.29 is 9.90 Å². The first-order valence-corrected chi connectivity index (χ1v) is 8.56. The van der Waals surface area contributed by atoms with Gasteiger partial charge >= 0.3 is 0 Å². The van der Waals surface area contributed by atoms with Crippen molar-refractivity contribution in [1.82, 2.24) is 9.55 Å². The summed E-state index contributed by atoms with van der Waals surface area (Å²) < 4.78 is 2.16. The maximum absolute atomic E-state index is 13.0. The van der Waals surface area contributed by atoms with Crippen molar-refractivity contribution >= 4 is 23.3 Å². The summed E-state index contributed by atoms with van der Waals surface area (Å²) in [6.45, 7) is 5.57. The molecule has 4 rings (SSSR count). The van der Waals surface area contributed by atoms with Crippen LogP contribution < -0.4 is 4.90 Å². The Morgan fingerprint density at radius 1 is 1.33 bits per heavy atom. The first-order valence-electron chi connectivity index (χ1n) is 8.19. The normalized spacial score (nSPS) is 18.7. The van der Waals surface area contributed by atoms with E-state index in [-0.39, 0.29) is 17.9 Å². The molecular weight excluding hydrogens is 326 g/mol. The molecule has 0 saturated heterocycles. The third kappa shape index (κ3) is 2.26. The zero-order valence-electron chi connectivity index (χ0n) is 13.8. The molecule has 6 heteroatoms. The summed E-state index contributed by atoms with van der Waals surface area (Å²) in [6, 6.07) is 3.66. The van der Waals surface area contributed by atoms with Crippen LogP contribution in [-0.2, 0) is 26.0 Å². The highest BCUT2D eigenvalue weighted by Gasteiger charge is 2.37. The van der Waals surface area contributed by atoms with E-state index in [1.54, 1.807) is 17.2 Å². The van der Waals surface area contributed by atoms with Crippen LogP contribution in [0.3, 0.4) is 0 Å². The number of aliphatic hydroxyl groups is 1. The number of pyridine rings is 1. The van der Waals surface area contributed by atoms with Gasteiger partial charge < -0.3 is 9.67 Å². The second-order valence-electron chi connectivity index (χ2n) is 7.38. The second kappa shape index (κ2) is 5.33. The van der Waals surface area contributed by atoms with Gasteiger partial charge in [0.05, 0.1) is 11.6 Å². The van der Waals surface area contributed by atoms with Crippen LogP contribution in [0.1, 0.15) is 41.2 Å². The van der Waals surface area contributed by atoms with Crippen LogP contribution in [0, 0.1) is 5.41 Å². The Morgan fingerprint density at radius 2 is 2.12 bits per heavy atom. The zero-order chi connectivity index (χ0) is 17.1. The van der Waals surface area contributed by atoms with E-state index in [0.29, 0.717) is 28.6 Å². The Labute approximate surface area is 145 Å². The second-order valence-corrected chi connectivity index (χ2v) is 7.79.